The fraction of sp³-hybridized carbons (Fsp3) is 0.207. The van der Waals surface area contributed by atoms with Gasteiger partial charge in [-0.2, -0.15) is 0 Å². The first-order valence-electron chi connectivity index (χ1n) is 11.9. The number of aliphatic carboxylic acids is 1. The van der Waals surface area contributed by atoms with Gasteiger partial charge in [-0.1, -0.05) is 48.6 Å². The molecule has 0 saturated carbocycles. The van der Waals surface area contributed by atoms with E-state index in [1.807, 2.05) is 79.7 Å². The summed E-state index contributed by atoms with van der Waals surface area (Å²) < 4.78 is 1.80. The number of amides is 1. The monoisotopic (exact) mass is 498 g/mol. The molecule has 1 aromatic heterocycles. The van der Waals surface area contributed by atoms with Crippen LogP contribution in [0, 0.1) is 11.8 Å². The number of nitrogens with one attached hydrogen (secondary N) is 1. The first-order chi connectivity index (χ1) is 17.4. The second-order valence-corrected chi connectivity index (χ2v) is 10.4. The van der Waals surface area contributed by atoms with Gasteiger partial charge in [-0.05, 0) is 56.2 Å². The molecule has 0 radical (unpaired) electrons. The molecule has 1 aliphatic carbocycles. The third-order valence-corrected chi connectivity index (χ3v) is 7.77. The van der Waals surface area contributed by atoms with Gasteiger partial charge in [0.25, 0.3) is 0 Å². The number of benzene rings is 3. The summed E-state index contributed by atoms with van der Waals surface area (Å²) in [5.41, 5.74) is 2.39. The third-order valence-electron chi connectivity index (χ3n) is 6.67. The number of allylic oxidation sites excluding steroid dienone is 2. The molecule has 3 unspecified atom stereocenters. The van der Waals surface area contributed by atoms with Crippen molar-refractivity contribution in [3.05, 3.63) is 84.9 Å². The minimum atomic E-state index is -0.951. The second-order valence-electron chi connectivity index (χ2n) is 8.98. The summed E-state index contributed by atoms with van der Waals surface area (Å²) in [5.74, 6) is -2.54. The van der Waals surface area contributed by atoms with Crippen LogP contribution in [0.5, 0.6) is 0 Å². The number of hydrogen-bond donors (Lipinski definition) is 2. The molecule has 0 fully saturated rings. The number of hydrogen-bond acceptors (Lipinski definition) is 4. The number of carbonyl (C=O) groups excluding carboxylic acids is 2. The van der Waals surface area contributed by atoms with E-state index in [9.17, 15) is 19.5 Å². The molecule has 182 valence electrons. The highest BCUT2D eigenvalue weighted by molar-refractivity contribution is 8.00. The van der Waals surface area contributed by atoms with Crippen molar-refractivity contribution in [3.63, 3.8) is 0 Å². The van der Waals surface area contributed by atoms with Crippen LogP contribution in [0.15, 0.2) is 89.8 Å². The number of nitrogens with zero attached hydrogens (tertiary/aromatic N) is 1. The van der Waals surface area contributed by atoms with E-state index in [1.165, 1.54) is 11.8 Å². The highest BCUT2D eigenvalue weighted by atomic mass is 32.2. The summed E-state index contributed by atoms with van der Waals surface area (Å²) >= 11 is 1.46. The Labute approximate surface area is 213 Å². The number of fused-ring (bicyclic) bond motifs is 3. The van der Waals surface area contributed by atoms with E-state index in [2.05, 4.69) is 5.32 Å². The summed E-state index contributed by atoms with van der Waals surface area (Å²) in [7, 11) is 0. The van der Waals surface area contributed by atoms with Crippen molar-refractivity contribution in [1.82, 2.24) is 4.57 Å². The van der Waals surface area contributed by atoms with Gasteiger partial charge in [0.1, 0.15) is 0 Å². The van der Waals surface area contributed by atoms with Gasteiger partial charge in [-0.15, -0.1) is 11.8 Å². The molecule has 0 bridgehead atoms. The molecule has 2 N–H and O–H groups in total. The van der Waals surface area contributed by atoms with Crippen LogP contribution < -0.4 is 5.32 Å². The molecule has 3 aromatic carbocycles. The van der Waals surface area contributed by atoms with Crippen LogP contribution in [-0.2, 0) is 9.59 Å². The standard InChI is InChI=1S/C29H26N2O4S/c1-18(28(33)31-25-12-6-4-8-21(25)22-9-5-7-13-26(22)31)36-20-16-14-19(15-17-20)30-27(32)23-10-2-3-11-24(23)29(34)35/h2-9,12-18,23-24H,10-11H2,1H3,(H,30,32)(H,34,35). The van der Waals surface area contributed by atoms with Crippen LogP contribution in [0.2, 0.25) is 0 Å². The maximum atomic E-state index is 13.5. The Kier molecular flexibility index (Phi) is 6.65. The molecule has 0 spiro atoms. The van der Waals surface area contributed by atoms with Gasteiger partial charge in [0.2, 0.25) is 11.8 Å². The fourth-order valence-corrected chi connectivity index (χ4v) is 5.73. The molecule has 1 aliphatic rings. The lowest BCUT2D eigenvalue weighted by Gasteiger charge is -2.24. The maximum Gasteiger partial charge on any atom is 0.307 e. The second kappa shape index (κ2) is 10.0. The number of anilines is 1. The molecule has 5 rings (SSSR count). The molecule has 36 heavy (non-hydrogen) atoms. The third kappa shape index (κ3) is 4.54. The Balaban J connectivity index is 1.30. The van der Waals surface area contributed by atoms with Gasteiger partial charge in [-0.3, -0.25) is 19.0 Å². The van der Waals surface area contributed by atoms with Gasteiger partial charge in [0.15, 0.2) is 0 Å². The molecule has 1 amide bonds. The largest absolute Gasteiger partial charge is 0.481 e. The van der Waals surface area contributed by atoms with Crippen molar-refractivity contribution in [1.29, 1.82) is 0 Å². The minimum absolute atomic E-state index is 0.000144. The summed E-state index contributed by atoms with van der Waals surface area (Å²) in [6.07, 6.45) is 4.45. The van der Waals surface area contributed by atoms with Crippen LogP contribution in [0.3, 0.4) is 0 Å². The zero-order valence-electron chi connectivity index (χ0n) is 19.8. The normalized spacial score (nSPS) is 18.2. The Morgan fingerprint density at radius 2 is 1.42 bits per heavy atom. The Morgan fingerprint density at radius 1 is 0.861 bits per heavy atom. The molecule has 3 atom stereocenters. The predicted molar refractivity (Wildman–Crippen MR) is 143 cm³/mol. The number of carboxylic acid groups (broad SMARTS) is 1. The van der Waals surface area contributed by atoms with Crippen LogP contribution in [0.25, 0.3) is 21.8 Å². The van der Waals surface area contributed by atoms with Crippen molar-refractivity contribution in [2.45, 2.75) is 29.9 Å². The quantitative estimate of drug-likeness (QED) is 0.243. The first kappa shape index (κ1) is 23.9. The highest BCUT2D eigenvalue weighted by Crippen LogP contribution is 2.32. The highest BCUT2D eigenvalue weighted by Gasteiger charge is 2.34. The molecule has 4 aromatic rings. The van der Waals surface area contributed by atoms with Crippen molar-refractivity contribution in [2.75, 3.05) is 5.32 Å². The van der Waals surface area contributed by atoms with E-state index in [1.54, 1.807) is 16.7 Å². The van der Waals surface area contributed by atoms with E-state index in [4.69, 9.17) is 0 Å². The zero-order chi connectivity index (χ0) is 25.2. The number of para-hydroxylation sites is 2. The lowest BCUT2D eigenvalue weighted by molar-refractivity contribution is -0.146. The molecule has 7 heteroatoms. The van der Waals surface area contributed by atoms with Crippen molar-refractivity contribution in [3.8, 4) is 0 Å². The van der Waals surface area contributed by atoms with Crippen molar-refractivity contribution >= 4 is 57.0 Å². The number of carboxylic acids is 1. The lowest BCUT2D eigenvalue weighted by atomic mass is 9.82. The zero-order valence-corrected chi connectivity index (χ0v) is 20.6. The van der Waals surface area contributed by atoms with Gasteiger partial charge in [0, 0.05) is 21.4 Å². The summed E-state index contributed by atoms with van der Waals surface area (Å²) in [4.78, 5) is 38.7. The van der Waals surface area contributed by atoms with Crippen LogP contribution in [0.4, 0.5) is 5.69 Å². The topological polar surface area (TPSA) is 88.4 Å². The van der Waals surface area contributed by atoms with E-state index in [0.29, 0.717) is 18.5 Å². The summed E-state index contributed by atoms with van der Waals surface area (Å²) in [6, 6.07) is 23.2. The lowest BCUT2D eigenvalue weighted by Crippen LogP contribution is -2.34. The van der Waals surface area contributed by atoms with E-state index in [-0.39, 0.29) is 17.1 Å². The molecule has 1 heterocycles. The van der Waals surface area contributed by atoms with Crippen molar-refractivity contribution < 1.29 is 19.5 Å². The van der Waals surface area contributed by atoms with Crippen molar-refractivity contribution in [2.24, 2.45) is 11.8 Å². The van der Waals surface area contributed by atoms with E-state index >= 15 is 0 Å². The van der Waals surface area contributed by atoms with Crippen LogP contribution in [0.1, 0.15) is 24.6 Å². The Morgan fingerprint density at radius 3 is 2.00 bits per heavy atom. The minimum Gasteiger partial charge on any atom is -0.481 e. The van der Waals surface area contributed by atoms with E-state index in [0.717, 1.165) is 26.7 Å². The summed E-state index contributed by atoms with van der Waals surface area (Å²) in [6.45, 7) is 1.90. The van der Waals surface area contributed by atoms with E-state index < -0.39 is 17.8 Å². The average molecular weight is 499 g/mol. The number of aromatic nitrogens is 1. The van der Waals surface area contributed by atoms with Crippen LogP contribution >= 0.6 is 11.8 Å². The molecule has 6 nitrogen and oxygen atoms in total. The van der Waals surface area contributed by atoms with Gasteiger partial charge < -0.3 is 10.4 Å². The fourth-order valence-electron chi connectivity index (χ4n) is 4.82. The Hall–Kier alpha value is -3.84. The SMILES string of the molecule is CC(Sc1ccc(NC(=O)C2CC=CCC2C(=O)O)cc1)C(=O)n1c2ccccc2c2ccccc21. The smallest absolute Gasteiger partial charge is 0.307 e. The van der Waals surface area contributed by atoms with Gasteiger partial charge in [-0.25, -0.2) is 0 Å². The maximum absolute atomic E-state index is 13.5. The van der Waals surface area contributed by atoms with Gasteiger partial charge in [0.05, 0.1) is 28.1 Å². The molecule has 0 saturated heterocycles. The number of carbonyl (C=O) groups is 3. The predicted octanol–water partition coefficient (Wildman–Crippen LogP) is 6.22. The van der Waals surface area contributed by atoms with Crippen LogP contribution in [-0.4, -0.2) is 32.7 Å². The van der Waals surface area contributed by atoms with Gasteiger partial charge >= 0.3 is 5.97 Å². The average Bonchev–Trinajstić information content (AvgIpc) is 3.23. The summed E-state index contributed by atoms with van der Waals surface area (Å²) in [5, 5.41) is 14.0. The number of thioether (sulfide) groups is 1. The molecule has 0 aliphatic heterocycles. The molecular weight excluding hydrogens is 472 g/mol. The molecular formula is C29H26N2O4S. The Bertz CT molecular complexity index is 1440. The first-order valence-corrected chi connectivity index (χ1v) is 12.8. The number of rotatable bonds is 6.